The zero-order chi connectivity index (χ0) is 22.9. The van der Waals surface area contributed by atoms with Crippen molar-refractivity contribution in [1.82, 2.24) is 20.0 Å². The molecule has 0 saturated carbocycles. The van der Waals surface area contributed by atoms with Crippen LogP contribution in [0, 0.1) is 11.7 Å². The molecule has 2 fully saturated rings. The molecular weight excluding hydrogens is 411 g/mol. The fraction of sp³-hybridized carbons (Fsp3) is 0.542. The topological polar surface area (TPSA) is 76.5 Å². The van der Waals surface area contributed by atoms with Crippen LogP contribution >= 0.6 is 0 Å². The molecule has 0 aliphatic carbocycles. The minimum absolute atomic E-state index is 0.0794. The summed E-state index contributed by atoms with van der Waals surface area (Å²) in [6, 6.07) is 8.72. The van der Waals surface area contributed by atoms with E-state index in [1.54, 1.807) is 16.8 Å². The molecular formula is C24H31FN4O3. The van der Waals surface area contributed by atoms with Crippen molar-refractivity contribution in [1.29, 1.82) is 0 Å². The predicted molar refractivity (Wildman–Crippen MR) is 118 cm³/mol. The molecule has 1 amide bonds. The lowest BCUT2D eigenvalue weighted by Crippen LogP contribution is -2.45. The maximum Gasteiger partial charge on any atom is 0.310 e. The molecule has 4 rings (SSSR count). The Morgan fingerprint density at radius 1 is 1.28 bits per heavy atom. The number of halogens is 1. The third kappa shape index (κ3) is 5.18. The van der Waals surface area contributed by atoms with Gasteiger partial charge in [-0.1, -0.05) is 12.1 Å². The van der Waals surface area contributed by atoms with Crippen LogP contribution in [-0.4, -0.2) is 51.3 Å². The number of cyclic esters (lactones) is 1. The summed E-state index contributed by atoms with van der Waals surface area (Å²) in [5.74, 6) is -0.975. The Hall–Kier alpha value is -2.74. The molecule has 8 heteroatoms. The first kappa shape index (κ1) is 22.5. The highest BCUT2D eigenvalue weighted by Crippen LogP contribution is 2.32. The maximum atomic E-state index is 14.1. The molecule has 7 nitrogen and oxygen atoms in total. The summed E-state index contributed by atoms with van der Waals surface area (Å²) in [4.78, 5) is 26.7. The number of nitrogens with zero attached hydrogens (tertiary/aromatic N) is 3. The lowest BCUT2D eigenvalue weighted by Gasteiger charge is -2.32. The van der Waals surface area contributed by atoms with Crippen molar-refractivity contribution in [2.75, 3.05) is 13.1 Å². The molecule has 1 aromatic carbocycles. The number of ether oxygens (including phenoxy) is 1. The number of amides is 1. The third-order valence-corrected chi connectivity index (χ3v) is 6.34. The van der Waals surface area contributed by atoms with E-state index >= 15 is 0 Å². The molecule has 2 aliphatic heterocycles. The molecule has 1 unspecified atom stereocenters. The molecule has 32 heavy (non-hydrogen) atoms. The summed E-state index contributed by atoms with van der Waals surface area (Å²) >= 11 is 0. The highest BCUT2D eigenvalue weighted by molar-refractivity contribution is 5.84. The quantitative estimate of drug-likeness (QED) is 0.696. The second-order valence-electron chi connectivity index (χ2n) is 9.53. The normalized spacial score (nSPS) is 21.5. The van der Waals surface area contributed by atoms with Gasteiger partial charge < -0.3 is 10.1 Å². The number of nitrogens with one attached hydrogen (secondary N) is 1. The Bertz CT molecular complexity index is 995. The van der Waals surface area contributed by atoms with Gasteiger partial charge >= 0.3 is 5.97 Å². The lowest BCUT2D eigenvalue weighted by molar-refractivity contribution is -0.149. The van der Waals surface area contributed by atoms with Crippen LogP contribution in [0.4, 0.5) is 4.39 Å². The average Bonchev–Trinajstić information content (AvgIpc) is 3.21. The van der Waals surface area contributed by atoms with Gasteiger partial charge in [-0.15, -0.1) is 0 Å². The number of hydrogen-bond donors (Lipinski definition) is 1. The Morgan fingerprint density at radius 2 is 2.00 bits per heavy atom. The highest BCUT2D eigenvalue weighted by Gasteiger charge is 2.41. The van der Waals surface area contributed by atoms with Crippen LogP contribution in [0.3, 0.4) is 0 Å². The second-order valence-corrected chi connectivity index (χ2v) is 9.53. The van der Waals surface area contributed by atoms with Crippen molar-refractivity contribution in [2.45, 2.75) is 57.7 Å². The zero-order valence-corrected chi connectivity index (χ0v) is 18.9. The molecule has 1 atom stereocenters. The zero-order valence-electron chi connectivity index (χ0n) is 18.9. The molecule has 172 valence electrons. The van der Waals surface area contributed by atoms with Crippen molar-refractivity contribution < 1.29 is 18.7 Å². The first-order valence-corrected chi connectivity index (χ1v) is 11.2. The van der Waals surface area contributed by atoms with Crippen LogP contribution in [0.25, 0.3) is 11.3 Å². The minimum atomic E-state index is -0.481. The fourth-order valence-electron chi connectivity index (χ4n) is 4.66. The van der Waals surface area contributed by atoms with Gasteiger partial charge in [-0.25, -0.2) is 4.39 Å². The van der Waals surface area contributed by atoms with Crippen molar-refractivity contribution >= 4 is 11.9 Å². The maximum absolute atomic E-state index is 14.1. The third-order valence-electron chi connectivity index (χ3n) is 6.34. The van der Waals surface area contributed by atoms with Crippen LogP contribution in [0.1, 0.15) is 45.2 Å². The molecule has 2 aromatic rings. The van der Waals surface area contributed by atoms with Gasteiger partial charge in [0.1, 0.15) is 11.4 Å². The first-order valence-electron chi connectivity index (χ1n) is 11.2. The Kier molecular flexibility index (Phi) is 6.33. The van der Waals surface area contributed by atoms with E-state index < -0.39 is 5.60 Å². The van der Waals surface area contributed by atoms with Crippen LogP contribution in [0.2, 0.25) is 0 Å². The van der Waals surface area contributed by atoms with Gasteiger partial charge in [0.05, 0.1) is 17.3 Å². The van der Waals surface area contributed by atoms with Crippen LogP contribution in [0.5, 0.6) is 0 Å². The summed E-state index contributed by atoms with van der Waals surface area (Å²) in [5.41, 5.74) is 1.68. The van der Waals surface area contributed by atoms with E-state index in [2.05, 4.69) is 15.3 Å². The molecule has 1 aromatic heterocycles. The Balaban J connectivity index is 1.26. The highest BCUT2D eigenvalue weighted by atomic mass is 19.1. The van der Waals surface area contributed by atoms with E-state index in [-0.39, 0.29) is 36.1 Å². The SMILES string of the molecule is Cn1nc(-c2ccccc2F)cc1CN1CCC(NC(=O)CC2CC(C)(C)OC2=O)CC1. The van der Waals surface area contributed by atoms with E-state index in [1.807, 2.05) is 33.0 Å². The molecule has 0 radical (unpaired) electrons. The van der Waals surface area contributed by atoms with Crippen LogP contribution < -0.4 is 5.32 Å². The molecule has 1 N–H and O–H groups in total. The molecule has 0 spiro atoms. The first-order chi connectivity index (χ1) is 15.2. The van der Waals surface area contributed by atoms with Gasteiger partial charge in [0.15, 0.2) is 0 Å². The summed E-state index contributed by atoms with van der Waals surface area (Å²) in [7, 11) is 1.88. The van der Waals surface area contributed by atoms with Crippen molar-refractivity contribution in [3.63, 3.8) is 0 Å². The van der Waals surface area contributed by atoms with Crippen LogP contribution in [-0.2, 0) is 27.9 Å². The lowest BCUT2D eigenvalue weighted by atomic mass is 9.94. The predicted octanol–water partition coefficient (Wildman–Crippen LogP) is 3.04. The second kappa shape index (κ2) is 9.02. The van der Waals surface area contributed by atoms with Gasteiger partial charge in [-0.2, -0.15) is 5.10 Å². The van der Waals surface area contributed by atoms with Crippen molar-refractivity contribution in [3.8, 4) is 11.3 Å². The Labute approximate surface area is 187 Å². The molecule has 0 bridgehead atoms. The summed E-state index contributed by atoms with van der Waals surface area (Å²) < 4.78 is 21.2. The molecule has 3 heterocycles. The molecule has 2 saturated heterocycles. The standard InChI is InChI=1S/C24H31FN4O3/c1-24(2)14-16(23(31)32-24)12-22(30)26-17-8-10-29(11-9-17)15-18-13-21(27-28(18)3)19-6-4-5-7-20(19)25/h4-7,13,16-17H,8-12,14-15H2,1-3H3,(H,26,30). The summed E-state index contributed by atoms with van der Waals surface area (Å²) in [6.07, 6.45) is 2.47. The van der Waals surface area contributed by atoms with Gasteiger partial charge in [-0.05, 0) is 44.9 Å². The number of carbonyl (C=O) groups excluding carboxylic acids is 2. The number of aromatic nitrogens is 2. The number of piperidine rings is 1. The fourth-order valence-corrected chi connectivity index (χ4v) is 4.66. The van der Waals surface area contributed by atoms with E-state index in [1.165, 1.54) is 6.07 Å². The van der Waals surface area contributed by atoms with E-state index in [4.69, 9.17) is 4.74 Å². The number of likely N-dealkylation sites (tertiary alicyclic amines) is 1. The van der Waals surface area contributed by atoms with Crippen molar-refractivity contribution in [3.05, 3.63) is 41.8 Å². The molecule has 2 aliphatic rings. The van der Waals surface area contributed by atoms with Crippen molar-refractivity contribution in [2.24, 2.45) is 13.0 Å². The summed E-state index contributed by atoms with van der Waals surface area (Å²) in [6.45, 7) is 6.18. The minimum Gasteiger partial charge on any atom is -0.459 e. The number of carbonyl (C=O) groups is 2. The monoisotopic (exact) mass is 442 g/mol. The largest absolute Gasteiger partial charge is 0.459 e. The van der Waals surface area contributed by atoms with Gasteiger partial charge in [-0.3, -0.25) is 19.2 Å². The van der Waals surface area contributed by atoms with Crippen LogP contribution in [0.15, 0.2) is 30.3 Å². The number of aryl methyl sites for hydroxylation is 1. The number of rotatable bonds is 6. The van der Waals surface area contributed by atoms with E-state index in [9.17, 15) is 14.0 Å². The number of benzene rings is 1. The smallest absolute Gasteiger partial charge is 0.310 e. The van der Waals surface area contributed by atoms with Gasteiger partial charge in [0.2, 0.25) is 5.91 Å². The summed E-state index contributed by atoms with van der Waals surface area (Å²) in [5, 5.41) is 7.57. The van der Waals surface area contributed by atoms with Gasteiger partial charge in [0, 0.05) is 51.1 Å². The van der Waals surface area contributed by atoms with E-state index in [0.717, 1.165) is 38.2 Å². The number of hydrogen-bond acceptors (Lipinski definition) is 5. The Morgan fingerprint density at radius 3 is 2.66 bits per heavy atom. The van der Waals surface area contributed by atoms with Gasteiger partial charge in [0.25, 0.3) is 0 Å². The average molecular weight is 443 g/mol. The number of esters is 1. The van der Waals surface area contributed by atoms with E-state index in [0.29, 0.717) is 17.7 Å².